The first kappa shape index (κ1) is 82.5. The summed E-state index contributed by atoms with van der Waals surface area (Å²) in [7, 11) is 0. The number of carbonyl (C=O) groups excluding carboxylic acids is 12. The maximum Gasteiger partial charge on any atom is 0.326 e. The van der Waals surface area contributed by atoms with Gasteiger partial charge < -0.3 is 95.1 Å². The molecule has 0 unspecified atom stereocenters. The van der Waals surface area contributed by atoms with Gasteiger partial charge in [-0.2, -0.15) is 0 Å². The van der Waals surface area contributed by atoms with E-state index < -0.39 is 231 Å². The van der Waals surface area contributed by atoms with Crippen LogP contribution in [-0.4, -0.2) is 205 Å². The molecule has 34 heteroatoms. The summed E-state index contributed by atoms with van der Waals surface area (Å²) < 4.78 is 0. The number of carboxylic acids is 4. The summed E-state index contributed by atoms with van der Waals surface area (Å²) in [5.41, 5.74) is 5.40. The van der Waals surface area contributed by atoms with E-state index in [9.17, 15) is 97.1 Å². The highest BCUT2D eigenvalue weighted by Crippen LogP contribution is 2.15. The van der Waals surface area contributed by atoms with Gasteiger partial charge in [-0.1, -0.05) is 55.4 Å². The number of carbonyl (C=O) groups is 16. The summed E-state index contributed by atoms with van der Waals surface area (Å²) in [6, 6.07) is -17.6. The number of amides is 12. The van der Waals surface area contributed by atoms with Gasteiger partial charge in [-0.25, -0.2) is 4.79 Å². The molecule has 34 nitrogen and oxygen atoms in total. The van der Waals surface area contributed by atoms with Gasteiger partial charge in [0.25, 0.3) is 0 Å². The molecule has 526 valence electrons. The average Bonchev–Trinajstić information content (AvgIpc) is 1.02. The lowest BCUT2D eigenvalue weighted by Gasteiger charge is -2.29. The average molecular weight is 1330 g/mol. The van der Waals surface area contributed by atoms with E-state index in [1.165, 1.54) is 13.8 Å². The molecule has 0 bridgehead atoms. The van der Waals surface area contributed by atoms with Crippen LogP contribution in [0.15, 0.2) is 0 Å². The van der Waals surface area contributed by atoms with Crippen LogP contribution >= 0.6 is 0 Å². The maximum atomic E-state index is 14.2. The van der Waals surface area contributed by atoms with E-state index in [0.717, 1.165) is 13.3 Å². The summed E-state index contributed by atoms with van der Waals surface area (Å²) in [4.78, 5) is 210. The molecule has 1 rings (SSSR count). The van der Waals surface area contributed by atoms with Crippen molar-refractivity contribution in [3.63, 3.8) is 0 Å². The smallest absolute Gasteiger partial charge is 0.326 e. The number of nitrogens with one attached hydrogen (secondary N) is 12. The van der Waals surface area contributed by atoms with Crippen LogP contribution in [0.1, 0.15) is 166 Å². The van der Waals surface area contributed by atoms with Gasteiger partial charge in [0.05, 0.1) is 12.1 Å². The number of hydrogen-bond acceptors (Lipinski definition) is 18. The van der Waals surface area contributed by atoms with Crippen LogP contribution in [0.2, 0.25) is 0 Å². The van der Waals surface area contributed by atoms with Gasteiger partial charge >= 0.3 is 23.9 Å². The molecule has 0 saturated carbocycles. The molecule has 1 saturated heterocycles. The Labute approximate surface area is 539 Å². The number of rotatable bonds is 44. The molecule has 0 aromatic heterocycles. The number of carboxylic acid groups (broad SMARTS) is 4. The lowest BCUT2D eigenvalue weighted by molar-refractivity contribution is -0.143. The zero-order valence-corrected chi connectivity index (χ0v) is 54.8. The fourth-order valence-corrected chi connectivity index (χ4v) is 9.51. The fraction of sp³-hybridized carbons (Fsp3) is 0.729. The molecular weight excluding hydrogens is 1230 g/mol. The molecule has 13 atom stereocenters. The van der Waals surface area contributed by atoms with Gasteiger partial charge in [-0.05, 0) is 115 Å². The lowest BCUT2D eigenvalue weighted by Crippen LogP contribution is -2.61. The number of aliphatic hydroxyl groups excluding tert-OH is 1. The summed E-state index contributed by atoms with van der Waals surface area (Å²) >= 11 is 0. The number of aliphatic carboxylic acids is 4. The largest absolute Gasteiger partial charge is 0.481 e. The first-order chi connectivity index (χ1) is 43.2. The minimum atomic E-state index is -1.71. The van der Waals surface area contributed by atoms with Crippen molar-refractivity contribution < 1.29 is 102 Å². The van der Waals surface area contributed by atoms with Crippen molar-refractivity contribution in [2.24, 2.45) is 29.4 Å². The Bertz CT molecular complexity index is 2630. The van der Waals surface area contributed by atoms with Crippen LogP contribution in [0, 0.1) is 23.7 Å². The second kappa shape index (κ2) is 41.1. The molecular formula is C59H99N13O21. The molecule has 19 N–H and O–H groups in total. The van der Waals surface area contributed by atoms with Gasteiger partial charge in [-0.3, -0.25) is 71.9 Å². The van der Waals surface area contributed by atoms with E-state index in [1.807, 2.05) is 13.8 Å². The third-order valence-corrected chi connectivity index (χ3v) is 14.4. The van der Waals surface area contributed by atoms with Crippen LogP contribution in [0.3, 0.4) is 0 Å². The Morgan fingerprint density at radius 1 is 0.376 bits per heavy atom. The highest BCUT2D eigenvalue weighted by Gasteiger charge is 2.38. The highest BCUT2D eigenvalue weighted by molar-refractivity contribution is 5.99. The standard InChI is InChI=1S/C59H99N13O21/c1-27(2)23-39(54(87)63-32(10)49(82)67-38(59(92)93)17-21-46(79)80)69-53(86)37(16-20-45(77)78)66-55(88)40(24-28(3)4)70-52(85)35(14-18-43(60)74)64-48(81)31(9)62-51(84)36(15-19-44(75)76)65-56(89)41(25-29(5)6)71-58(91)47(33(11)73)72-57(90)42(26-30(7)8)68-50(83)34-13-12-22-61-34/h27-42,47,61,73H,12-26H2,1-11H3,(H2,60,74)(H,62,84)(H,63,87)(H,64,81)(H,65,89)(H,66,88)(H,67,82)(H,68,83)(H,69,86)(H,70,85)(H,71,91)(H,72,90)(H,75,76)(H,77,78)(H,79,80)(H,92,93)/t31-,32-,33+,34-,35-,36-,37-,38-,39-,40-,41-,42-,47-/m0/s1. The van der Waals surface area contributed by atoms with E-state index in [-0.39, 0.29) is 43.4 Å². The molecule has 0 aliphatic carbocycles. The Morgan fingerprint density at radius 3 is 1.00 bits per heavy atom. The quantitative estimate of drug-likeness (QED) is 0.0283. The van der Waals surface area contributed by atoms with Crippen LogP contribution in [-0.2, 0) is 76.7 Å². The molecule has 0 spiro atoms. The van der Waals surface area contributed by atoms with Crippen molar-refractivity contribution >= 4 is 94.8 Å². The maximum absolute atomic E-state index is 14.2. The van der Waals surface area contributed by atoms with Crippen molar-refractivity contribution in [3.8, 4) is 0 Å². The number of nitrogens with two attached hydrogens (primary N) is 1. The lowest BCUT2D eigenvalue weighted by atomic mass is 10.00. The number of primary amides is 1. The van der Waals surface area contributed by atoms with Gasteiger partial charge in [0.15, 0.2) is 0 Å². The molecule has 0 radical (unpaired) electrons. The molecule has 0 aromatic carbocycles. The van der Waals surface area contributed by atoms with Crippen molar-refractivity contribution in [2.75, 3.05) is 6.54 Å². The SMILES string of the molecule is CC(C)C[C@H](NC(=O)[C@H](CCC(=O)O)NC(=O)[C@H](CC(C)C)NC(=O)[C@H](CCC(N)=O)NC(=O)[C@H](C)NC(=O)[C@H](CCC(=O)O)NC(=O)[C@H](CC(C)C)NC(=O)[C@@H](NC(=O)[C@H](CC(C)C)NC(=O)[C@@H]1CCCN1)[C@@H](C)O)C(=O)N[C@@H](C)C(=O)N[C@@H](CCC(=O)O)C(=O)O. The third kappa shape index (κ3) is 32.5. The van der Waals surface area contributed by atoms with Crippen molar-refractivity contribution in [2.45, 2.75) is 245 Å². The minimum Gasteiger partial charge on any atom is -0.481 e. The monoisotopic (exact) mass is 1330 g/mol. The zero-order valence-electron chi connectivity index (χ0n) is 54.8. The number of hydrogen-bond donors (Lipinski definition) is 18. The van der Waals surface area contributed by atoms with Gasteiger partial charge in [0, 0.05) is 25.7 Å². The molecule has 93 heavy (non-hydrogen) atoms. The second-order valence-corrected chi connectivity index (χ2v) is 25.0. The summed E-state index contributed by atoms with van der Waals surface area (Å²) in [6.45, 7) is 17.8. The Kier molecular flexibility index (Phi) is 36.5. The van der Waals surface area contributed by atoms with E-state index in [2.05, 4.69) is 63.8 Å². The van der Waals surface area contributed by atoms with E-state index >= 15 is 0 Å². The molecule has 1 aliphatic rings. The predicted octanol–water partition coefficient (Wildman–Crippen LogP) is -3.38. The first-order valence-electron chi connectivity index (χ1n) is 31.1. The van der Waals surface area contributed by atoms with Crippen molar-refractivity contribution in [3.05, 3.63) is 0 Å². The third-order valence-electron chi connectivity index (χ3n) is 14.4. The van der Waals surface area contributed by atoms with Gasteiger partial charge in [0.2, 0.25) is 70.9 Å². The Hall–Kier alpha value is -8.56. The van der Waals surface area contributed by atoms with Crippen molar-refractivity contribution in [1.82, 2.24) is 63.8 Å². The zero-order chi connectivity index (χ0) is 71.1. The Balaban J connectivity index is 3.46. The molecule has 0 aromatic rings. The van der Waals surface area contributed by atoms with Crippen LogP contribution in [0.5, 0.6) is 0 Å². The normalized spacial score (nSPS) is 16.8. The fourth-order valence-electron chi connectivity index (χ4n) is 9.51. The molecule has 1 heterocycles. The van der Waals surface area contributed by atoms with Gasteiger partial charge in [0.1, 0.15) is 66.5 Å². The van der Waals surface area contributed by atoms with Crippen molar-refractivity contribution in [1.29, 1.82) is 0 Å². The van der Waals surface area contributed by atoms with E-state index in [1.54, 1.807) is 41.5 Å². The molecule has 1 fully saturated rings. The van der Waals surface area contributed by atoms with E-state index in [4.69, 9.17) is 10.8 Å². The minimum absolute atomic E-state index is 0.0866. The van der Waals surface area contributed by atoms with Crippen LogP contribution in [0.25, 0.3) is 0 Å². The summed E-state index contributed by atoms with van der Waals surface area (Å²) in [6.07, 6.45) is -5.08. The highest BCUT2D eigenvalue weighted by atomic mass is 16.4. The van der Waals surface area contributed by atoms with Gasteiger partial charge in [-0.15, -0.1) is 0 Å². The Morgan fingerprint density at radius 2 is 0.667 bits per heavy atom. The predicted molar refractivity (Wildman–Crippen MR) is 330 cm³/mol. The molecule has 12 amide bonds. The summed E-state index contributed by atoms with van der Waals surface area (Å²) in [5.74, 6) is -18.4. The topological polar surface area (TPSA) is 545 Å². The summed E-state index contributed by atoms with van der Waals surface area (Å²) in [5, 5.41) is 78.1. The first-order valence-corrected chi connectivity index (χ1v) is 31.1. The van der Waals surface area contributed by atoms with Crippen LogP contribution in [0.4, 0.5) is 0 Å². The molecule has 1 aliphatic heterocycles. The van der Waals surface area contributed by atoms with E-state index in [0.29, 0.717) is 13.0 Å². The second-order valence-electron chi connectivity index (χ2n) is 25.0. The number of aliphatic hydroxyl groups is 1. The van der Waals surface area contributed by atoms with Crippen LogP contribution < -0.4 is 69.5 Å².